The van der Waals surface area contributed by atoms with Crippen molar-refractivity contribution >= 4 is 28.7 Å². The van der Waals surface area contributed by atoms with E-state index in [9.17, 15) is 14.3 Å². The molecule has 2 aromatic rings. The van der Waals surface area contributed by atoms with Crippen LogP contribution >= 0.6 is 11.3 Å². The average molecular weight is 457 g/mol. The van der Waals surface area contributed by atoms with Crippen LogP contribution in [0.25, 0.3) is 5.57 Å². The number of nitrogens with zero attached hydrogens (tertiary/aromatic N) is 3. The van der Waals surface area contributed by atoms with Gasteiger partial charge in [-0.2, -0.15) is 0 Å². The van der Waals surface area contributed by atoms with E-state index in [1.165, 1.54) is 13.2 Å². The van der Waals surface area contributed by atoms with Crippen molar-refractivity contribution in [2.45, 2.75) is 37.5 Å². The van der Waals surface area contributed by atoms with E-state index < -0.39 is 5.97 Å². The lowest BCUT2D eigenvalue weighted by Crippen LogP contribution is -2.46. The van der Waals surface area contributed by atoms with Gasteiger partial charge in [0.2, 0.25) is 5.88 Å². The van der Waals surface area contributed by atoms with E-state index in [1.54, 1.807) is 12.3 Å². The van der Waals surface area contributed by atoms with Crippen LogP contribution in [-0.2, 0) is 5.41 Å². The van der Waals surface area contributed by atoms with Crippen molar-refractivity contribution in [2.24, 2.45) is 4.99 Å². The number of carbonyl (C=O) groups is 1. The SMILES string of the molecule is COc1nc(/C2=C\CCCN=C(NCC3(c4ncccc4F)CCC3)C=C2)sc1C(=O)O. The van der Waals surface area contributed by atoms with Crippen molar-refractivity contribution < 1.29 is 19.0 Å². The first-order valence-electron chi connectivity index (χ1n) is 10.6. The van der Waals surface area contributed by atoms with Gasteiger partial charge in [-0.15, -0.1) is 11.3 Å². The molecule has 0 unspecified atom stereocenters. The van der Waals surface area contributed by atoms with Crippen molar-refractivity contribution in [3.05, 3.63) is 58.0 Å². The molecule has 168 valence electrons. The minimum Gasteiger partial charge on any atom is -0.480 e. The highest BCUT2D eigenvalue weighted by molar-refractivity contribution is 7.15. The summed E-state index contributed by atoms with van der Waals surface area (Å²) in [5.41, 5.74) is 1.02. The maximum Gasteiger partial charge on any atom is 0.351 e. The van der Waals surface area contributed by atoms with E-state index in [0.717, 1.165) is 49.0 Å². The van der Waals surface area contributed by atoms with Crippen molar-refractivity contribution in [3.63, 3.8) is 0 Å². The Bertz CT molecular complexity index is 1090. The minimum absolute atomic E-state index is 0.0769. The van der Waals surface area contributed by atoms with Crippen LogP contribution in [0.15, 0.2) is 41.6 Å². The summed E-state index contributed by atoms with van der Waals surface area (Å²) in [5, 5.41) is 13.4. The zero-order valence-corrected chi connectivity index (χ0v) is 18.6. The number of halogens is 1. The maximum atomic E-state index is 14.4. The Morgan fingerprint density at radius 2 is 2.19 bits per heavy atom. The maximum absolute atomic E-state index is 14.4. The standard InChI is InChI=1S/C23H25FN4O3S/c1-31-20-18(22(29)30)32-21(28-20)15-6-2-3-12-25-17(9-8-15)27-14-23(10-5-11-23)19-16(24)7-4-13-26-19/h4,6-9,13H,2-3,5,10-12,14H2,1H3,(H,25,27)(H,29,30)/b9-8?,15-6-. The Hall–Kier alpha value is -3.07. The number of ether oxygens (including phenoxy) is 1. The number of aliphatic imine (C=N–C) groups is 1. The second-order valence-corrected chi connectivity index (χ2v) is 8.88. The van der Waals surface area contributed by atoms with Gasteiger partial charge >= 0.3 is 5.97 Å². The normalized spacial score (nSPS) is 19.4. The first-order valence-corrected chi connectivity index (χ1v) is 11.4. The zero-order valence-electron chi connectivity index (χ0n) is 17.8. The summed E-state index contributed by atoms with van der Waals surface area (Å²) in [4.78, 5) is 24.8. The Morgan fingerprint density at radius 3 is 2.84 bits per heavy atom. The van der Waals surface area contributed by atoms with E-state index >= 15 is 0 Å². The number of methoxy groups -OCH3 is 1. The molecule has 7 nitrogen and oxygen atoms in total. The lowest BCUT2D eigenvalue weighted by molar-refractivity contribution is 0.0698. The molecule has 0 bridgehead atoms. The topological polar surface area (TPSA) is 96.7 Å². The number of carboxylic acids is 1. The minimum atomic E-state index is -1.06. The Kier molecular flexibility index (Phi) is 6.64. The van der Waals surface area contributed by atoms with Crippen LogP contribution in [0.3, 0.4) is 0 Å². The van der Waals surface area contributed by atoms with E-state index in [2.05, 4.69) is 20.3 Å². The van der Waals surface area contributed by atoms with E-state index in [0.29, 0.717) is 29.6 Å². The molecule has 1 saturated carbocycles. The molecule has 1 fully saturated rings. The highest BCUT2D eigenvalue weighted by Gasteiger charge is 2.41. The van der Waals surface area contributed by atoms with Crippen molar-refractivity contribution in [1.29, 1.82) is 0 Å². The van der Waals surface area contributed by atoms with Gasteiger partial charge in [0, 0.05) is 30.3 Å². The summed E-state index contributed by atoms with van der Waals surface area (Å²) in [6, 6.07) is 3.07. The third-order valence-corrected chi connectivity index (χ3v) is 6.91. The fourth-order valence-electron chi connectivity index (χ4n) is 3.95. The van der Waals surface area contributed by atoms with Crippen molar-refractivity contribution in [2.75, 3.05) is 20.2 Å². The number of aromatic nitrogens is 2. The molecule has 2 aromatic heterocycles. The lowest BCUT2D eigenvalue weighted by Gasteiger charge is -2.41. The molecule has 0 saturated heterocycles. The van der Waals surface area contributed by atoms with E-state index in [1.807, 2.05) is 18.2 Å². The molecule has 3 heterocycles. The number of nitrogens with one attached hydrogen (secondary N) is 1. The van der Waals surface area contributed by atoms with Gasteiger partial charge in [-0.1, -0.05) is 12.5 Å². The number of amidine groups is 1. The average Bonchev–Trinajstić information content (AvgIpc) is 3.23. The van der Waals surface area contributed by atoms with Gasteiger partial charge in [0.1, 0.15) is 16.7 Å². The largest absolute Gasteiger partial charge is 0.480 e. The molecule has 0 aromatic carbocycles. The van der Waals surface area contributed by atoms with Crippen LogP contribution in [0.4, 0.5) is 4.39 Å². The monoisotopic (exact) mass is 456 g/mol. The number of hydrogen-bond acceptors (Lipinski definition) is 7. The predicted octanol–water partition coefficient (Wildman–Crippen LogP) is 4.23. The number of allylic oxidation sites excluding steroid dienone is 3. The third kappa shape index (κ3) is 4.57. The fraction of sp³-hybridized carbons (Fsp3) is 0.391. The molecular weight excluding hydrogens is 431 g/mol. The van der Waals surface area contributed by atoms with Gasteiger partial charge in [0.15, 0.2) is 4.88 Å². The summed E-state index contributed by atoms with van der Waals surface area (Å²) < 4.78 is 19.5. The number of aromatic carboxylic acids is 1. The summed E-state index contributed by atoms with van der Waals surface area (Å²) in [5.74, 6) is -0.502. The lowest BCUT2D eigenvalue weighted by atomic mass is 9.66. The predicted molar refractivity (Wildman–Crippen MR) is 122 cm³/mol. The first kappa shape index (κ1) is 22.1. The molecule has 2 N–H and O–H groups in total. The first-order chi connectivity index (χ1) is 15.5. The van der Waals surface area contributed by atoms with Crippen molar-refractivity contribution in [1.82, 2.24) is 15.3 Å². The molecule has 0 atom stereocenters. The highest BCUT2D eigenvalue weighted by Crippen LogP contribution is 2.43. The van der Waals surface area contributed by atoms with Crippen molar-refractivity contribution in [3.8, 4) is 5.88 Å². The second kappa shape index (κ2) is 9.60. The van der Waals surface area contributed by atoms with E-state index in [-0.39, 0.29) is 22.0 Å². The van der Waals surface area contributed by atoms with Crippen LogP contribution in [0, 0.1) is 5.82 Å². The van der Waals surface area contributed by atoms with Crippen LogP contribution in [0.5, 0.6) is 5.88 Å². The molecule has 0 radical (unpaired) electrons. The van der Waals surface area contributed by atoms with Gasteiger partial charge in [0.05, 0.1) is 12.8 Å². The van der Waals surface area contributed by atoms with Gasteiger partial charge < -0.3 is 15.2 Å². The fourth-order valence-corrected chi connectivity index (χ4v) is 4.85. The number of rotatable bonds is 6. The molecule has 0 amide bonds. The molecule has 0 spiro atoms. The summed E-state index contributed by atoms with van der Waals surface area (Å²) >= 11 is 1.09. The summed E-state index contributed by atoms with van der Waals surface area (Å²) in [7, 11) is 1.41. The number of thiazole rings is 1. The number of pyridine rings is 1. The van der Waals surface area contributed by atoms with Crippen LogP contribution in [0.2, 0.25) is 0 Å². The molecule has 4 rings (SSSR count). The smallest absolute Gasteiger partial charge is 0.351 e. The number of carboxylic acid groups (broad SMARTS) is 1. The summed E-state index contributed by atoms with van der Waals surface area (Å²) in [6.07, 6.45) is 11.9. The van der Waals surface area contributed by atoms with Gasteiger partial charge in [-0.05, 0) is 50.0 Å². The van der Waals surface area contributed by atoms with Gasteiger partial charge in [-0.25, -0.2) is 14.2 Å². The van der Waals surface area contributed by atoms with Crippen LogP contribution in [0.1, 0.15) is 52.5 Å². The molecule has 32 heavy (non-hydrogen) atoms. The second-order valence-electron chi connectivity index (χ2n) is 7.89. The van der Waals surface area contributed by atoms with Crippen LogP contribution in [-0.4, -0.2) is 47.1 Å². The zero-order chi connectivity index (χ0) is 22.6. The molecule has 9 heteroatoms. The van der Waals surface area contributed by atoms with E-state index in [4.69, 9.17) is 4.74 Å². The summed E-state index contributed by atoms with van der Waals surface area (Å²) in [6.45, 7) is 1.21. The quantitative estimate of drug-likeness (QED) is 0.675. The molecule has 2 aliphatic rings. The van der Waals surface area contributed by atoms with Crippen LogP contribution < -0.4 is 10.1 Å². The van der Waals surface area contributed by atoms with Gasteiger partial charge in [0.25, 0.3) is 0 Å². The third-order valence-electron chi connectivity index (χ3n) is 5.84. The van der Waals surface area contributed by atoms with Gasteiger partial charge in [-0.3, -0.25) is 9.98 Å². The Morgan fingerprint density at radius 1 is 1.34 bits per heavy atom. The molecule has 1 aliphatic carbocycles. The Labute approximate surface area is 189 Å². The number of hydrogen-bond donors (Lipinski definition) is 2. The molecular formula is C23H25FN4O3S. The Balaban J connectivity index is 1.52. The highest BCUT2D eigenvalue weighted by atomic mass is 32.1. The molecule has 1 aliphatic heterocycles.